The zero-order chi connectivity index (χ0) is 14.4. The summed E-state index contributed by atoms with van der Waals surface area (Å²) in [6, 6.07) is -0.0974. The highest BCUT2D eigenvalue weighted by Crippen LogP contribution is 2.29. The Hall–Kier alpha value is -0.710. The van der Waals surface area contributed by atoms with E-state index in [9.17, 15) is 9.59 Å². The quantitative estimate of drug-likeness (QED) is 0.838. The van der Waals surface area contributed by atoms with E-state index in [0.717, 1.165) is 12.8 Å². The molecule has 0 spiro atoms. The molecule has 114 valence electrons. The van der Waals surface area contributed by atoms with Crippen LogP contribution in [0.3, 0.4) is 0 Å². The van der Waals surface area contributed by atoms with Gasteiger partial charge in [0.25, 0.3) is 0 Å². The van der Waals surface area contributed by atoms with Crippen LogP contribution in [0.1, 0.15) is 58.3 Å². The van der Waals surface area contributed by atoms with E-state index in [4.69, 9.17) is 0 Å². The first-order valence-electron chi connectivity index (χ1n) is 7.87. The Morgan fingerprint density at radius 1 is 1.05 bits per heavy atom. The molecule has 0 heterocycles. The van der Waals surface area contributed by atoms with Crippen molar-refractivity contribution in [3.05, 3.63) is 0 Å². The SMILES string of the molecule is C[C@H]1CCCC[C@@H]1NC(=O)NC(=O)CSC1CCCC1. The number of rotatable bonds is 4. The third-order valence-electron chi connectivity index (χ3n) is 4.43. The molecule has 0 unspecified atom stereocenters. The van der Waals surface area contributed by atoms with Crippen molar-refractivity contribution < 1.29 is 9.59 Å². The van der Waals surface area contributed by atoms with Gasteiger partial charge in [-0.3, -0.25) is 10.1 Å². The number of nitrogens with one attached hydrogen (secondary N) is 2. The fourth-order valence-corrected chi connectivity index (χ4v) is 4.27. The Bertz CT molecular complexity index is 343. The van der Waals surface area contributed by atoms with Crippen molar-refractivity contribution in [2.24, 2.45) is 5.92 Å². The fraction of sp³-hybridized carbons (Fsp3) is 0.867. The Labute approximate surface area is 125 Å². The standard InChI is InChI=1S/C15H26N2O2S/c1-11-6-2-5-9-13(11)16-15(19)17-14(18)10-20-12-7-3-4-8-12/h11-13H,2-10H2,1H3,(H2,16,17,18,19)/t11-,13-/m0/s1. The minimum Gasteiger partial charge on any atom is -0.335 e. The van der Waals surface area contributed by atoms with Crippen molar-refractivity contribution in [3.8, 4) is 0 Å². The summed E-state index contributed by atoms with van der Waals surface area (Å²) in [5.74, 6) is 0.749. The fourth-order valence-electron chi connectivity index (χ4n) is 3.15. The van der Waals surface area contributed by atoms with Crippen molar-refractivity contribution in [2.45, 2.75) is 69.6 Å². The summed E-state index contributed by atoms with van der Waals surface area (Å²) in [7, 11) is 0. The number of hydrogen-bond donors (Lipinski definition) is 2. The van der Waals surface area contributed by atoms with Gasteiger partial charge in [0.05, 0.1) is 5.75 Å². The molecule has 5 heteroatoms. The molecule has 0 aromatic rings. The number of hydrogen-bond acceptors (Lipinski definition) is 3. The molecule has 20 heavy (non-hydrogen) atoms. The highest BCUT2D eigenvalue weighted by atomic mass is 32.2. The molecule has 0 aromatic heterocycles. The number of thioether (sulfide) groups is 1. The van der Waals surface area contributed by atoms with E-state index in [1.165, 1.54) is 38.5 Å². The normalized spacial score (nSPS) is 27.2. The molecule has 2 saturated carbocycles. The average Bonchev–Trinajstić information content (AvgIpc) is 2.92. The number of carbonyl (C=O) groups excluding carboxylic acids is 2. The van der Waals surface area contributed by atoms with Crippen molar-refractivity contribution in [3.63, 3.8) is 0 Å². The maximum Gasteiger partial charge on any atom is 0.321 e. The molecule has 3 amide bonds. The van der Waals surface area contributed by atoms with Crippen LogP contribution >= 0.6 is 11.8 Å². The zero-order valence-electron chi connectivity index (χ0n) is 12.3. The highest BCUT2D eigenvalue weighted by molar-refractivity contribution is 8.00. The van der Waals surface area contributed by atoms with Gasteiger partial charge in [0.15, 0.2) is 0 Å². The minimum atomic E-state index is -0.319. The molecule has 2 atom stereocenters. The summed E-state index contributed by atoms with van der Waals surface area (Å²) in [6.45, 7) is 2.17. The first kappa shape index (κ1) is 15.7. The van der Waals surface area contributed by atoms with Crippen LogP contribution in [-0.4, -0.2) is 29.0 Å². The van der Waals surface area contributed by atoms with Crippen LogP contribution in [-0.2, 0) is 4.79 Å². The second kappa shape index (κ2) is 7.91. The molecule has 2 aliphatic rings. The smallest absolute Gasteiger partial charge is 0.321 e. The Balaban J connectivity index is 1.63. The van der Waals surface area contributed by atoms with Gasteiger partial charge in [-0.25, -0.2) is 4.79 Å². The van der Waals surface area contributed by atoms with Crippen molar-refractivity contribution in [2.75, 3.05) is 5.75 Å². The Morgan fingerprint density at radius 2 is 1.70 bits per heavy atom. The second-order valence-electron chi connectivity index (χ2n) is 6.11. The molecule has 0 saturated heterocycles. The summed E-state index contributed by atoms with van der Waals surface area (Å²) in [6.07, 6.45) is 9.58. The predicted molar refractivity (Wildman–Crippen MR) is 82.8 cm³/mol. The van der Waals surface area contributed by atoms with Crippen LogP contribution in [0, 0.1) is 5.92 Å². The van der Waals surface area contributed by atoms with E-state index in [1.54, 1.807) is 11.8 Å². The molecule has 0 radical (unpaired) electrons. The van der Waals surface area contributed by atoms with Gasteiger partial charge in [-0.1, -0.05) is 32.6 Å². The molecule has 0 bridgehead atoms. The molecule has 2 rings (SSSR count). The second-order valence-corrected chi connectivity index (χ2v) is 7.40. The first-order valence-corrected chi connectivity index (χ1v) is 8.92. The Kier molecular flexibility index (Phi) is 6.20. The topological polar surface area (TPSA) is 58.2 Å². The third kappa shape index (κ3) is 5.00. The highest BCUT2D eigenvalue weighted by Gasteiger charge is 2.23. The average molecular weight is 298 g/mol. The molecular formula is C15H26N2O2S. The van der Waals surface area contributed by atoms with E-state index in [-0.39, 0.29) is 18.0 Å². The van der Waals surface area contributed by atoms with Crippen LogP contribution in [0.4, 0.5) is 4.79 Å². The number of carbonyl (C=O) groups is 2. The molecule has 2 aliphatic carbocycles. The monoisotopic (exact) mass is 298 g/mol. The summed E-state index contributed by atoms with van der Waals surface area (Å²) < 4.78 is 0. The van der Waals surface area contributed by atoms with E-state index in [2.05, 4.69) is 17.6 Å². The molecular weight excluding hydrogens is 272 g/mol. The van der Waals surface area contributed by atoms with Gasteiger partial charge in [-0.2, -0.15) is 0 Å². The lowest BCUT2D eigenvalue weighted by Crippen LogP contribution is -2.48. The van der Waals surface area contributed by atoms with Crippen LogP contribution < -0.4 is 10.6 Å². The lowest BCUT2D eigenvalue weighted by molar-refractivity contribution is -0.117. The molecule has 0 aromatic carbocycles. The summed E-state index contributed by atoms with van der Waals surface area (Å²) in [5.41, 5.74) is 0. The van der Waals surface area contributed by atoms with Crippen molar-refractivity contribution >= 4 is 23.7 Å². The van der Waals surface area contributed by atoms with Crippen LogP contribution in [0.2, 0.25) is 0 Å². The molecule has 4 nitrogen and oxygen atoms in total. The number of amides is 3. The van der Waals surface area contributed by atoms with Crippen molar-refractivity contribution in [1.82, 2.24) is 10.6 Å². The van der Waals surface area contributed by atoms with Gasteiger partial charge in [0, 0.05) is 11.3 Å². The van der Waals surface area contributed by atoms with Gasteiger partial charge in [-0.15, -0.1) is 11.8 Å². The number of urea groups is 1. The summed E-state index contributed by atoms with van der Waals surface area (Å²) in [4.78, 5) is 23.6. The first-order chi connectivity index (χ1) is 9.65. The van der Waals surface area contributed by atoms with Gasteiger partial charge < -0.3 is 5.32 Å². The molecule has 2 fully saturated rings. The van der Waals surface area contributed by atoms with Gasteiger partial charge >= 0.3 is 6.03 Å². The predicted octanol–water partition coefficient (Wildman–Crippen LogP) is 3.07. The van der Waals surface area contributed by atoms with Gasteiger partial charge in [-0.05, 0) is 31.6 Å². The van der Waals surface area contributed by atoms with E-state index in [0.29, 0.717) is 16.9 Å². The molecule has 0 aliphatic heterocycles. The Morgan fingerprint density at radius 3 is 2.40 bits per heavy atom. The summed E-state index contributed by atoms with van der Waals surface area (Å²) >= 11 is 1.69. The van der Waals surface area contributed by atoms with Crippen molar-refractivity contribution in [1.29, 1.82) is 0 Å². The largest absolute Gasteiger partial charge is 0.335 e. The van der Waals surface area contributed by atoms with Gasteiger partial charge in [0.2, 0.25) is 5.91 Å². The third-order valence-corrected chi connectivity index (χ3v) is 5.80. The van der Waals surface area contributed by atoms with Gasteiger partial charge in [0.1, 0.15) is 0 Å². The van der Waals surface area contributed by atoms with E-state index >= 15 is 0 Å². The zero-order valence-corrected chi connectivity index (χ0v) is 13.1. The van der Waals surface area contributed by atoms with Crippen LogP contribution in [0.15, 0.2) is 0 Å². The molecule has 2 N–H and O–H groups in total. The lowest BCUT2D eigenvalue weighted by Gasteiger charge is -2.29. The van der Waals surface area contributed by atoms with E-state index in [1.807, 2.05) is 0 Å². The number of imide groups is 1. The van der Waals surface area contributed by atoms with Crippen LogP contribution in [0.5, 0.6) is 0 Å². The maximum atomic E-state index is 11.8. The maximum absolute atomic E-state index is 11.8. The summed E-state index contributed by atoms with van der Waals surface area (Å²) in [5, 5.41) is 6.02. The van der Waals surface area contributed by atoms with E-state index < -0.39 is 0 Å². The van der Waals surface area contributed by atoms with Crippen LogP contribution in [0.25, 0.3) is 0 Å². The minimum absolute atomic E-state index is 0.164. The lowest BCUT2D eigenvalue weighted by atomic mass is 9.86.